The number of aliphatic imine (C=N–C) groups is 1. The highest BCUT2D eigenvalue weighted by Crippen LogP contribution is 1.99. The van der Waals surface area contributed by atoms with Crippen LogP contribution in [0.1, 0.15) is 12.0 Å². The Morgan fingerprint density at radius 3 is 2.45 bits per heavy atom. The van der Waals surface area contributed by atoms with E-state index in [2.05, 4.69) is 39.9 Å². The Morgan fingerprint density at radius 2 is 1.77 bits per heavy atom. The molecule has 0 aliphatic heterocycles. The first-order valence-electron chi connectivity index (χ1n) is 7.42. The number of nitrogens with one attached hydrogen (secondary N) is 2. The van der Waals surface area contributed by atoms with Crippen LogP contribution in [0.4, 0.5) is 0 Å². The number of benzene rings is 1. The molecule has 6 heteroatoms. The van der Waals surface area contributed by atoms with E-state index in [9.17, 15) is 0 Å². The molecule has 0 saturated carbocycles. The van der Waals surface area contributed by atoms with E-state index in [4.69, 9.17) is 9.47 Å². The van der Waals surface area contributed by atoms with Crippen LogP contribution < -0.4 is 10.6 Å². The lowest BCUT2D eigenvalue weighted by molar-refractivity contribution is 0.135. The van der Waals surface area contributed by atoms with E-state index < -0.39 is 0 Å². The summed E-state index contributed by atoms with van der Waals surface area (Å²) in [6, 6.07) is 10.4. The molecule has 0 atom stereocenters. The van der Waals surface area contributed by atoms with Crippen molar-refractivity contribution in [1.82, 2.24) is 10.6 Å². The molecule has 5 nitrogen and oxygen atoms in total. The molecule has 0 saturated heterocycles. The molecule has 1 aromatic rings. The fourth-order valence-electron chi connectivity index (χ4n) is 1.81. The molecular weight excluding hydrogens is 393 g/mol. The van der Waals surface area contributed by atoms with Crippen molar-refractivity contribution >= 4 is 29.9 Å². The van der Waals surface area contributed by atoms with E-state index in [-0.39, 0.29) is 24.0 Å². The van der Waals surface area contributed by atoms with E-state index in [1.807, 2.05) is 6.07 Å². The van der Waals surface area contributed by atoms with Gasteiger partial charge >= 0.3 is 0 Å². The van der Waals surface area contributed by atoms with E-state index in [1.54, 1.807) is 14.2 Å². The molecular formula is C16H28IN3O2. The number of methoxy groups -OCH3 is 1. The van der Waals surface area contributed by atoms with Crippen molar-refractivity contribution in [1.29, 1.82) is 0 Å². The fraction of sp³-hybridized carbons (Fsp3) is 0.562. The fourth-order valence-corrected chi connectivity index (χ4v) is 1.81. The van der Waals surface area contributed by atoms with Gasteiger partial charge in [0.2, 0.25) is 0 Å². The van der Waals surface area contributed by atoms with Crippen molar-refractivity contribution in [2.24, 2.45) is 4.99 Å². The summed E-state index contributed by atoms with van der Waals surface area (Å²) in [6.45, 7) is 3.80. The summed E-state index contributed by atoms with van der Waals surface area (Å²) in [5, 5.41) is 6.41. The molecule has 0 aliphatic carbocycles. The third-order valence-electron chi connectivity index (χ3n) is 2.96. The number of guanidine groups is 1. The van der Waals surface area contributed by atoms with Gasteiger partial charge in [-0.25, -0.2) is 0 Å². The zero-order chi connectivity index (χ0) is 15.2. The number of nitrogens with zero attached hydrogens (tertiary/aromatic N) is 1. The minimum atomic E-state index is 0. The predicted molar refractivity (Wildman–Crippen MR) is 102 cm³/mol. The third kappa shape index (κ3) is 10.8. The standard InChI is InChI=1S/C16H27N3O2.HI/c1-17-16(19-11-14-20-2)18-10-6-12-21-13-9-15-7-4-3-5-8-15;/h3-5,7-8H,6,9-14H2,1-2H3,(H2,17,18,19);1H. The summed E-state index contributed by atoms with van der Waals surface area (Å²) in [5.41, 5.74) is 1.32. The predicted octanol–water partition coefficient (Wildman–Crippen LogP) is 2.07. The van der Waals surface area contributed by atoms with Gasteiger partial charge in [-0.3, -0.25) is 4.99 Å². The van der Waals surface area contributed by atoms with Gasteiger partial charge in [-0.1, -0.05) is 30.3 Å². The van der Waals surface area contributed by atoms with Crippen LogP contribution in [0.25, 0.3) is 0 Å². The van der Waals surface area contributed by atoms with Crippen LogP contribution in [0.3, 0.4) is 0 Å². The second-order valence-electron chi connectivity index (χ2n) is 4.62. The van der Waals surface area contributed by atoms with E-state index in [0.29, 0.717) is 6.61 Å². The second-order valence-corrected chi connectivity index (χ2v) is 4.62. The lowest BCUT2D eigenvalue weighted by atomic mass is 10.2. The first-order chi connectivity index (χ1) is 10.4. The lowest BCUT2D eigenvalue weighted by Crippen LogP contribution is -2.39. The zero-order valence-electron chi connectivity index (χ0n) is 13.5. The van der Waals surface area contributed by atoms with Crippen LogP contribution in [0.15, 0.2) is 35.3 Å². The molecule has 0 aliphatic rings. The number of ether oxygens (including phenoxy) is 2. The van der Waals surface area contributed by atoms with Gasteiger partial charge in [0.15, 0.2) is 5.96 Å². The molecule has 0 heterocycles. The first-order valence-corrected chi connectivity index (χ1v) is 7.42. The Balaban J connectivity index is 0.00000441. The quantitative estimate of drug-likeness (QED) is 0.263. The van der Waals surface area contributed by atoms with Gasteiger partial charge < -0.3 is 20.1 Å². The van der Waals surface area contributed by atoms with Gasteiger partial charge in [0.05, 0.1) is 13.2 Å². The number of hydrogen-bond donors (Lipinski definition) is 2. The molecule has 126 valence electrons. The van der Waals surface area contributed by atoms with Crippen LogP contribution in [0, 0.1) is 0 Å². The van der Waals surface area contributed by atoms with Crippen molar-refractivity contribution in [3.05, 3.63) is 35.9 Å². The SMILES string of the molecule is CN=C(NCCCOCCc1ccccc1)NCCOC.I. The maximum absolute atomic E-state index is 5.63. The second kappa shape index (κ2) is 15.1. The Labute approximate surface area is 150 Å². The smallest absolute Gasteiger partial charge is 0.191 e. The summed E-state index contributed by atoms with van der Waals surface area (Å²) in [6.07, 6.45) is 1.92. The third-order valence-corrected chi connectivity index (χ3v) is 2.96. The monoisotopic (exact) mass is 421 g/mol. The Kier molecular flexibility index (Phi) is 14.5. The summed E-state index contributed by atoms with van der Waals surface area (Å²) in [5.74, 6) is 0.802. The Morgan fingerprint density at radius 1 is 1.05 bits per heavy atom. The van der Waals surface area contributed by atoms with E-state index >= 15 is 0 Å². The molecule has 0 amide bonds. The average molecular weight is 421 g/mol. The minimum Gasteiger partial charge on any atom is -0.383 e. The topological polar surface area (TPSA) is 54.9 Å². The zero-order valence-corrected chi connectivity index (χ0v) is 15.8. The number of halogens is 1. The molecule has 0 spiro atoms. The van der Waals surface area contributed by atoms with Crippen molar-refractivity contribution < 1.29 is 9.47 Å². The average Bonchev–Trinajstić information content (AvgIpc) is 2.53. The van der Waals surface area contributed by atoms with Crippen LogP contribution in [-0.2, 0) is 15.9 Å². The molecule has 0 aromatic heterocycles. The lowest BCUT2D eigenvalue weighted by Gasteiger charge is -2.11. The molecule has 0 fully saturated rings. The maximum Gasteiger partial charge on any atom is 0.191 e. The van der Waals surface area contributed by atoms with Crippen LogP contribution in [-0.4, -0.2) is 53.0 Å². The summed E-state index contributed by atoms with van der Waals surface area (Å²) >= 11 is 0. The van der Waals surface area contributed by atoms with Crippen molar-refractivity contribution in [3.63, 3.8) is 0 Å². The number of hydrogen-bond acceptors (Lipinski definition) is 3. The molecule has 1 rings (SSSR count). The van der Waals surface area contributed by atoms with E-state index in [0.717, 1.165) is 45.1 Å². The molecule has 0 radical (unpaired) electrons. The van der Waals surface area contributed by atoms with Crippen molar-refractivity contribution in [3.8, 4) is 0 Å². The van der Waals surface area contributed by atoms with Gasteiger partial charge in [-0.2, -0.15) is 0 Å². The maximum atomic E-state index is 5.63. The van der Waals surface area contributed by atoms with Crippen molar-refractivity contribution in [2.75, 3.05) is 47.1 Å². The summed E-state index contributed by atoms with van der Waals surface area (Å²) in [7, 11) is 3.45. The minimum absolute atomic E-state index is 0. The van der Waals surface area contributed by atoms with Crippen LogP contribution in [0.5, 0.6) is 0 Å². The largest absolute Gasteiger partial charge is 0.383 e. The molecule has 0 bridgehead atoms. The molecule has 2 N–H and O–H groups in total. The first kappa shape index (κ1) is 21.1. The highest BCUT2D eigenvalue weighted by Gasteiger charge is 1.96. The summed E-state index contributed by atoms with van der Waals surface area (Å²) < 4.78 is 10.6. The van der Waals surface area contributed by atoms with Crippen LogP contribution in [0.2, 0.25) is 0 Å². The summed E-state index contributed by atoms with van der Waals surface area (Å²) in [4.78, 5) is 4.13. The van der Waals surface area contributed by atoms with Crippen LogP contribution >= 0.6 is 24.0 Å². The molecule has 0 unspecified atom stereocenters. The van der Waals surface area contributed by atoms with Gasteiger partial charge in [0.1, 0.15) is 0 Å². The molecule has 1 aromatic carbocycles. The van der Waals surface area contributed by atoms with Crippen molar-refractivity contribution in [2.45, 2.75) is 12.8 Å². The van der Waals surface area contributed by atoms with E-state index in [1.165, 1.54) is 5.56 Å². The Bertz CT molecular complexity index is 388. The van der Waals surface area contributed by atoms with Gasteiger partial charge in [0, 0.05) is 33.9 Å². The Hall–Kier alpha value is -0.860. The highest BCUT2D eigenvalue weighted by atomic mass is 127. The van der Waals surface area contributed by atoms with Gasteiger partial charge in [-0.05, 0) is 18.4 Å². The molecule has 22 heavy (non-hydrogen) atoms. The number of rotatable bonds is 10. The highest BCUT2D eigenvalue weighted by molar-refractivity contribution is 14.0. The van der Waals surface area contributed by atoms with Gasteiger partial charge in [0.25, 0.3) is 0 Å². The normalized spacial score (nSPS) is 10.9. The van der Waals surface area contributed by atoms with Gasteiger partial charge in [-0.15, -0.1) is 24.0 Å².